The molecule has 10 nitrogen and oxygen atoms in total. The topological polar surface area (TPSA) is 117 Å². The Morgan fingerprint density at radius 3 is 2.20 bits per heavy atom. The van der Waals surface area contributed by atoms with E-state index in [0.717, 1.165) is 0 Å². The van der Waals surface area contributed by atoms with Gasteiger partial charge in [0.2, 0.25) is 11.9 Å². The van der Waals surface area contributed by atoms with Crippen molar-refractivity contribution >= 4 is 23.5 Å². The van der Waals surface area contributed by atoms with E-state index < -0.39 is 28.8 Å². The van der Waals surface area contributed by atoms with Gasteiger partial charge in [-0.2, -0.15) is 0 Å². The van der Waals surface area contributed by atoms with Crippen LogP contribution < -0.4 is 5.32 Å². The zero-order valence-electron chi connectivity index (χ0n) is 22.2. The van der Waals surface area contributed by atoms with Crippen molar-refractivity contribution in [3.05, 3.63) is 112 Å². The summed E-state index contributed by atoms with van der Waals surface area (Å²) in [7, 11) is 0. The maximum atomic E-state index is 13.2. The van der Waals surface area contributed by atoms with Gasteiger partial charge < -0.3 is 9.64 Å². The lowest BCUT2D eigenvalue weighted by molar-refractivity contribution is -0.384. The Kier molecular flexibility index (Phi) is 8.16. The molecular formula is C30H31N5O5. The second-order valence-corrected chi connectivity index (χ2v) is 9.72. The van der Waals surface area contributed by atoms with E-state index in [9.17, 15) is 19.7 Å². The number of esters is 1. The fourth-order valence-corrected chi connectivity index (χ4v) is 5.36. The Morgan fingerprint density at radius 2 is 1.62 bits per heavy atom. The SMILES string of the molecule is CCOC(=O)[C@H]1C(=O)NC(N2CCN(C(c3ccccc3)c3ccccc3)CC2)=N[C@@H]1c1cccc([N+](=O)[O-])c1. The van der Waals surface area contributed by atoms with Crippen LogP contribution in [0.3, 0.4) is 0 Å². The highest BCUT2D eigenvalue weighted by atomic mass is 16.6. The number of rotatable bonds is 7. The van der Waals surface area contributed by atoms with Crippen LogP contribution in [0.15, 0.2) is 89.9 Å². The predicted molar refractivity (Wildman–Crippen MR) is 149 cm³/mol. The molecule has 0 aromatic heterocycles. The Bertz CT molecular complexity index is 1350. The van der Waals surface area contributed by atoms with Crippen molar-refractivity contribution in [2.45, 2.75) is 19.0 Å². The standard InChI is InChI=1S/C30H31N5O5/c1-2-40-29(37)25-26(23-14-9-15-24(20-23)35(38)39)31-30(32-28(25)36)34-18-16-33(17-19-34)27(21-10-5-3-6-11-21)22-12-7-4-8-13-22/h3-15,20,25-27H,2,16-19H2,1H3,(H,31,32,36)/t25-,26-/m1/s1. The van der Waals surface area contributed by atoms with Gasteiger partial charge >= 0.3 is 5.97 Å². The fraction of sp³-hybridized carbons (Fsp3) is 0.300. The molecule has 0 bridgehead atoms. The summed E-state index contributed by atoms with van der Waals surface area (Å²) in [6.45, 7) is 4.39. The van der Waals surface area contributed by atoms with E-state index in [1.807, 2.05) is 41.3 Å². The zero-order chi connectivity index (χ0) is 28.1. The van der Waals surface area contributed by atoms with Crippen molar-refractivity contribution in [3.8, 4) is 0 Å². The van der Waals surface area contributed by atoms with Crippen molar-refractivity contribution in [3.63, 3.8) is 0 Å². The number of benzene rings is 3. The molecule has 40 heavy (non-hydrogen) atoms. The molecule has 1 N–H and O–H groups in total. The third kappa shape index (κ3) is 5.72. The minimum atomic E-state index is -1.24. The largest absolute Gasteiger partial charge is 0.465 e. The van der Waals surface area contributed by atoms with Gasteiger partial charge in [0.1, 0.15) is 6.04 Å². The molecule has 2 heterocycles. The first-order valence-electron chi connectivity index (χ1n) is 13.3. The molecule has 0 aliphatic carbocycles. The summed E-state index contributed by atoms with van der Waals surface area (Å²) >= 11 is 0. The Hall–Kier alpha value is -4.57. The number of guanidine groups is 1. The highest BCUT2D eigenvalue weighted by molar-refractivity contribution is 6.08. The van der Waals surface area contributed by atoms with Crippen LogP contribution in [-0.4, -0.2) is 65.3 Å². The van der Waals surface area contributed by atoms with Crippen LogP contribution in [0.1, 0.15) is 35.7 Å². The summed E-state index contributed by atoms with van der Waals surface area (Å²) < 4.78 is 5.16. The molecule has 2 aliphatic heterocycles. The van der Waals surface area contributed by atoms with Crippen LogP contribution in [0.5, 0.6) is 0 Å². The lowest BCUT2D eigenvalue weighted by atomic mass is 9.91. The summed E-state index contributed by atoms with van der Waals surface area (Å²) in [6, 6.07) is 25.8. The molecule has 1 saturated heterocycles. The van der Waals surface area contributed by atoms with E-state index in [0.29, 0.717) is 37.7 Å². The molecule has 10 heteroatoms. The number of hydrogen-bond acceptors (Lipinski definition) is 8. The third-order valence-electron chi connectivity index (χ3n) is 7.27. The van der Waals surface area contributed by atoms with Gasteiger partial charge in [-0.05, 0) is 23.6 Å². The minimum Gasteiger partial charge on any atom is -0.465 e. The molecule has 0 spiro atoms. The van der Waals surface area contributed by atoms with Crippen molar-refractivity contribution in [2.75, 3.05) is 32.8 Å². The average molecular weight is 542 g/mol. The number of ether oxygens (including phenoxy) is 1. The number of hydrogen-bond donors (Lipinski definition) is 1. The third-order valence-corrected chi connectivity index (χ3v) is 7.27. The highest BCUT2D eigenvalue weighted by Crippen LogP contribution is 2.34. The average Bonchev–Trinajstić information content (AvgIpc) is 2.98. The van der Waals surface area contributed by atoms with Crippen molar-refractivity contribution in [2.24, 2.45) is 10.9 Å². The molecule has 1 amide bonds. The van der Waals surface area contributed by atoms with E-state index >= 15 is 0 Å². The number of piperazine rings is 1. The van der Waals surface area contributed by atoms with Crippen LogP contribution in [0.2, 0.25) is 0 Å². The molecule has 0 radical (unpaired) electrons. The van der Waals surface area contributed by atoms with Gasteiger partial charge in [-0.3, -0.25) is 29.9 Å². The monoisotopic (exact) mass is 541 g/mol. The second kappa shape index (κ2) is 12.1. The van der Waals surface area contributed by atoms with E-state index in [-0.39, 0.29) is 18.3 Å². The smallest absolute Gasteiger partial charge is 0.321 e. The molecule has 3 aromatic carbocycles. The van der Waals surface area contributed by atoms with Gasteiger partial charge in [0, 0.05) is 38.3 Å². The number of nitrogens with one attached hydrogen (secondary N) is 1. The van der Waals surface area contributed by atoms with Crippen LogP contribution in [-0.2, 0) is 14.3 Å². The van der Waals surface area contributed by atoms with Gasteiger partial charge in [0.25, 0.3) is 5.69 Å². The quantitative estimate of drug-likeness (QED) is 0.210. The molecule has 0 unspecified atom stereocenters. The molecular weight excluding hydrogens is 510 g/mol. The van der Waals surface area contributed by atoms with Gasteiger partial charge in [0.15, 0.2) is 5.92 Å². The van der Waals surface area contributed by atoms with E-state index in [4.69, 9.17) is 9.73 Å². The van der Waals surface area contributed by atoms with Gasteiger partial charge in [-0.1, -0.05) is 72.8 Å². The van der Waals surface area contributed by atoms with E-state index in [1.54, 1.807) is 13.0 Å². The lowest BCUT2D eigenvalue weighted by Crippen LogP contribution is -2.57. The van der Waals surface area contributed by atoms with Crippen molar-refractivity contribution < 1.29 is 19.2 Å². The summed E-state index contributed by atoms with van der Waals surface area (Å²) in [6.07, 6.45) is 0. The molecule has 3 aromatic rings. The zero-order valence-corrected chi connectivity index (χ0v) is 22.2. The molecule has 0 saturated carbocycles. The van der Waals surface area contributed by atoms with Gasteiger partial charge in [-0.25, -0.2) is 4.99 Å². The first-order chi connectivity index (χ1) is 19.5. The van der Waals surface area contributed by atoms with Crippen LogP contribution in [0.4, 0.5) is 5.69 Å². The fourth-order valence-electron chi connectivity index (χ4n) is 5.36. The number of non-ortho nitro benzene ring substituents is 1. The maximum absolute atomic E-state index is 13.2. The van der Waals surface area contributed by atoms with E-state index in [1.165, 1.54) is 29.3 Å². The number of nitrogens with zero attached hydrogens (tertiary/aromatic N) is 4. The van der Waals surface area contributed by atoms with Crippen LogP contribution in [0.25, 0.3) is 0 Å². The number of carbonyl (C=O) groups is 2. The molecule has 1 fully saturated rings. The van der Waals surface area contributed by atoms with Gasteiger partial charge in [0.05, 0.1) is 17.6 Å². The van der Waals surface area contributed by atoms with Crippen LogP contribution >= 0.6 is 0 Å². The minimum absolute atomic E-state index is 0.0817. The number of amides is 1. The molecule has 2 aliphatic rings. The van der Waals surface area contributed by atoms with Gasteiger partial charge in [-0.15, -0.1) is 0 Å². The molecule has 206 valence electrons. The summed E-state index contributed by atoms with van der Waals surface area (Å²) in [4.78, 5) is 46.1. The second-order valence-electron chi connectivity index (χ2n) is 9.72. The lowest BCUT2D eigenvalue weighted by Gasteiger charge is -2.42. The first-order valence-corrected chi connectivity index (χ1v) is 13.3. The maximum Gasteiger partial charge on any atom is 0.321 e. The van der Waals surface area contributed by atoms with Crippen molar-refractivity contribution in [1.29, 1.82) is 0 Å². The summed E-state index contributed by atoms with van der Waals surface area (Å²) in [5.74, 6) is -2.13. The number of carbonyl (C=O) groups excluding carboxylic acids is 2. The number of nitro benzene ring substituents is 1. The number of nitro groups is 1. The number of aliphatic imine (C=N–C) groups is 1. The summed E-state index contributed by atoms with van der Waals surface area (Å²) in [5, 5.41) is 14.2. The van der Waals surface area contributed by atoms with Crippen molar-refractivity contribution in [1.82, 2.24) is 15.1 Å². The Labute approximate surface area is 232 Å². The molecule has 2 atom stereocenters. The Balaban J connectivity index is 1.40. The normalized spacial score (nSPS) is 19.6. The van der Waals surface area contributed by atoms with E-state index in [2.05, 4.69) is 34.5 Å². The first kappa shape index (κ1) is 27.0. The molecule has 5 rings (SSSR count). The van der Waals surface area contributed by atoms with Crippen LogP contribution in [0, 0.1) is 16.0 Å². The highest BCUT2D eigenvalue weighted by Gasteiger charge is 2.42. The summed E-state index contributed by atoms with van der Waals surface area (Å²) in [5.41, 5.74) is 2.68. The Morgan fingerprint density at radius 1 is 1.00 bits per heavy atom. The predicted octanol–water partition coefficient (Wildman–Crippen LogP) is 3.71.